The SMILES string of the molecule is COc1ccc(/C=C/C(=O)Nc2ccccc2OCc2ccccc2)cc1. The lowest BCUT2D eigenvalue weighted by Crippen LogP contribution is -2.09. The molecule has 0 saturated carbocycles. The first-order valence-electron chi connectivity index (χ1n) is 8.63. The van der Waals surface area contributed by atoms with Crippen LogP contribution >= 0.6 is 0 Å². The maximum Gasteiger partial charge on any atom is 0.248 e. The van der Waals surface area contributed by atoms with Crippen molar-refractivity contribution in [2.45, 2.75) is 6.61 Å². The van der Waals surface area contributed by atoms with Crippen molar-refractivity contribution in [2.75, 3.05) is 12.4 Å². The molecular weight excluding hydrogens is 338 g/mol. The highest BCUT2D eigenvalue weighted by atomic mass is 16.5. The van der Waals surface area contributed by atoms with E-state index in [4.69, 9.17) is 9.47 Å². The van der Waals surface area contributed by atoms with Crippen LogP contribution in [0.5, 0.6) is 11.5 Å². The molecule has 0 atom stereocenters. The van der Waals surface area contributed by atoms with Gasteiger partial charge in [0.2, 0.25) is 5.91 Å². The van der Waals surface area contributed by atoms with E-state index >= 15 is 0 Å². The molecule has 0 spiro atoms. The minimum Gasteiger partial charge on any atom is -0.497 e. The van der Waals surface area contributed by atoms with Crippen LogP contribution in [0.3, 0.4) is 0 Å². The summed E-state index contributed by atoms with van der Waals surface area (Å²) in [4.78, 5) is 12.3. The van der Waals surface area contributed by atoms with Gasteiger partial charge >= 0.3 is 0 Å². The van der Waals surface area contributed by atoms with Gasteiger partial charge in [0.25, 0.3) is 0 Å². The third kappa shape index (κ3) is 5.47. The van der Waals surface area contributed by atoms with E-state index in [1.54, 1.807) is 13.2 Å². The Hall–Kier alpha value is -3.53. The maximum absolute atomic E-state index is 12.3. The third-order valence-electron chi connectivity index (χ3n) is 3.93. The van der Waals surface area contributed by atoms with E-state index in [9.17, 15) is 4.79 Å². The van der Waals surface area contributed by atoms with Crippen molar-refractivity contribution in [1.29, 1.82) is 0 Å². The summed E-state index contributed by atoms with van der Waals surface area (Å²) in [5.74, 6) is 1.19. The van der Waals surface area contributed by atoms with Crippen molar-refractivity contribution in [3.8, 4) is 11.5 Å². The van der Waals surface area contributed by atoms with Gasteiger partial charge in [-0.3, -0.25) is 4.79 Å². The van der Waals surface area contributed by atoms with Crippen molar-refractivity contribution in [2.24, 2.45) is 0 Å². The average Bonchev–Trinajstić information content (AvgIpc) is 2.73. The molecule has 1 N–H and O–H groups in total. The van der Waals surface area contributed by atoms with Gasteiger partial charge in [-0.1, -0.05) is 54.6 Å². The summed E-state index contributed by atoms with van der Waals surface area (Å²) in [7, 11) is 1.62. The van der Waals surface area contributed by atoms with Crippen LogP contribution < -0.4 is 14.8 Å². The van der Waals surface area contributed by atoms with Crippen molar-refractivity contribution in [1.82, 2.24) is 0 Å². The molecule has 27 heavy (non-hydrogen) atoms. The number of hydrogen-bond acceptors (Lipinski definition) is 3. The predicted octanol–water partition coefficient (Wildman–Crippen LogP) is 4.93. The molecule has 3 aromatic carbocycles. The topological polar surface area (TPSA) is 47.6 Å². The number of nitrogens with one attached hydrogen (secondary N) is 1. The zero-order valence-corrected chi connectivity index (χ0v) is 15.1. The molecule has 4 nitrogen and oxygen atoms in total. The number of para-hydroxylation sites is 2. The van der Waals surface area contributed by atoms with E-state index in [0.29, 0.717) is 18.0 Å². The molecule has 0 fully saturated rings. The minimum atomic E-state index is -0.221. The van der Waals surface area contributed by atoms with Crippen LogP contribution in [0.15, 0.2) is 84.9 Å². The highest BCUT2D eigenvalue weighted by Gasteiger charge is 2.06. The van der Waals surface area contributed by atoms with Gasteiger partial charge in [-0.25, -0.2) is 0 Å². The van der Waals surface area contributed by atoms with Gasteiger partial charge < -0.3 is 14.8 Å². The lowest BCUT2D eigenvalue weighted by Gasteiger charge is -2.11. The first kappa shape index (κ1) is 18.3. The van der Waals surface area contributed by atoms with Gasteiger partial charge in [-0.2, -0.15) is 0 Å². The number of hydrogen-bond donors (Lipinski definition) is 1. The number of carbonyl (C=O) groups excluding carboxylic acids is 1. The molecule has 0 radical (unpaired) electrons. The van der Waals surface area contributed by atoms with Crippen LogP contribution in [0.2, 0.25) is 0 Å². The summed E-state index contributed by atoms with van der Waals surface area (Å²) >= 11 is 0. The molecule has 0 saturated heterocycles. The van der Waals surface area contributed by atoms with Crippen molar-refractivity contribution in [3.05, 3.63) is 96.1 Å². The Kier molecular flexibility index (Phi) is 6.26. The van der Waals surface area contributed by atoms with Gasteiger partial charge in [0.15, 0.2) is 0 Å². The molecule has 4 heteroatoms. The lowest BCUT2D eigenvalue weighted by molar-refractivity contribution is -0.111. The Morgan fingerprint density at radius 1 is 0.926 bits per heavy atom. The monoisotopic (exact) mass is 359 g/mol. The molecule has 136 valence electrons. The van der Waals surface area contributed by atoms with Gasteiger partial charge in [-0.15, -0.1) is 0 Å². The number of anilines is 1. The molecule has 0 unspecified atom stereocenters. The molecular formula is C23H21NO3. The fourth-order valence-corrected chi connectivity index (χ4v) is 2.49. The summed E-state index contributed by atoms with van der Waals surface area (Å²) in [5, 5.41) is 2.86. The zero-order chi connectivity index (χ0) is 18.9. The number of carbonyl (C=O) groups is 1. The fourth-order valence-electron chi connectivity index (χ4n) is 2.49. The van der Waals surface area contributed by atoms with E-state index in [1.165, 1.54) is 6.08 Å². The second-order valence-corrected chi connectivity index (χ2v) is 5.87. The highest BCUT2D eigenvalue weighted by molar-refractivity contribution is 6.02. The summed E-state index contributed by atoms with van der Waals surface area (Å²) in [6.45, 7) is 0.440. The molecule has 3 aromatic rings. The normalized spacial score (nSPS) is 10.6. The molecule has 0 bridgehead atoms. The Balaban J connectivity index is 1.62. The number of benzene rings is 3. The largest absolute Gasteiger partial charge is 0.497 e. The van der Waals surface area contributed by atoms with Crippen LogP contribution in [-0.4, -0.2) is 13.0 Å². The summed E-state index contributed by atoms with van der Waals surface area (Å²) < 4.78 is 11.0. The van der Waals surface area contributed by atoms with E-state index in [2.05, 4.69) is 5.32 Å². The van der Waals surface area contributed by atoms with Crippen LogP contribution in [0.4, 0.5) is 5.69 Å². The molecule has 0 heterocycles. The second-order valence-electron chi connectivity index (χ2n) is 5.87. The van der Waals surface area contributed by atoms with Gasteiger partial charge in [0.1, 0.15) is 18.1 Å². The second kappa shape index (κ2) is 9.25. The van der Waals surface area contributed by atoms with Crippen LogP contribution in [0.25, 0.3) is 6.08 Å². The fraction of sp³-hybridized carbons (Fsp3) is 0.0870. The van der Waals surface area contributed by atoms with E-state index < -0.39 is 0 Å². The molecule has 0 aromatic heterocycles. The maximum atomic E-state index is 12.3. The number of methoxy groups -OCH3 is 1. The first-order valence-corrected chi connectivity index (χ1v) is 8.63. The smallest absolute Gasteiger partial charge is 0.248 e. The Labute approximate surface area is 159 Å². The van der Waals surface area contributed by atoms with E-state index in [0.717, 1.165) is 16.9 Å². The van der Waals surface area contributed by atoms with Crippen LogP contribution in [-0.2, 0) is 11.4 Å². The van der Waals surface area contributed by atoms with Gasteiger partial charge in [0, 0.05) is 6.08 Å². The highest BCUT2D eigenvalue weighted by Crippen LogP contribution is 2.25. The molecule has 0 aliphatic carbocycles. The van der Waals surface area contributed by atoms with Crippen molar-refractivity contribution >= 4 is 17.7 Å². The Morgan fingerprint density at radius 3 is 2.37 bits per heavy atom. The van der Waals surface area contributed by atoms with Crippen molar-refractivity contribution in [3.63, 3.8) is 0 Å². The lowest BCUT2D eigenvalue weighted by atomic mass is 10.2. The zero-order valence-electron chi connectivity index (χ0n) is 15.1. The standard InChI is InChI=1S/C23H21NO3/c1-26-20-14-11-18(12-15-20)13-16-23(25)24-21-9-5-6-10-22(21)27-17-19-7-3-2-4-8-19/h2-16H,17H2,1H3,(H,24,25)/b16-13+. The van der Waals surface area contributed by atoms with Crippen molar-refractivity contribution < 1.29 is 14.3 Å². The molecule has 0 aliphatic heterocycles. The molecule has 3 rings (SSSR count). The Morgan fingerprint density at radius 2 is 1.63 bits per heavy atom. The van der Waals surface area contributed by atoms with Gasteiger partial charge in [-0.05, 0) is 41.5 Å². The van der Waals surface area contributed by atoms with Crippen LogP contribution in [0.1, 0.15) is 11.1 Å². The number of ether oxygens (including phenoxy) is 2. The Bertz CT molecular complexity index is 902. The predicted molar refractivity (Wildman–Crippen MR) is 108 cm³/mol. The van der Waals surface area contributed by atoms with E-state index in [-0.39, 0.29) is 5.91 Å². The van der Waals surface area contributed by atoms with E-state index in [1.807, 2.05) is 78.9 Å². The summed E-state index contributed by atoms with van der Waals surface area (Å²) in [6.07, 6.45) is 3.25. The van der Waals surface area contributed by atoms with Crippen LogP contribution in [0, 0.1) is 0 Å². The molecule has 0 aliphatic rings. The summed E-state index contributed by atoms with van der Waals surface area (Å²) in [6, 6.07) is 24.8. The third-order valence-corrected chi connectivity index (χ3v) is 3.93. The average molecular weight is 359 g/mol. The first-order chi connectivity index (χ1) is 13.2. The molecule has 1 amide bonds. The van der Waals surface area contributed by atoms with Gasteiger partial charge in [0.05, 0.1) is 12.8 Å². The number of amides is 1. The number of rotatable bonds is 7. The quantitative estimate of drug-likeness (QED) is 0.609. The minimum absolute atomic E-state index is 0.221. The summed E-state index contributed by atoms with van der Waals surface area (Å²) in [5.41, 5.74) is 2.62.